The van der Waals surface area contributed by atoms with Crippen LogP contribution in [0.2, 0.25) is 5.02 Å². The molecule has 0 radical (unpaired) electrons. The van der Waals surface area contributed by atoms with Gasteiger partial charge in [0.1, 0.15) is 4.83 Å². The first-order valence-electron chi connectivity index (χ1n) is 9.28. The second-order valence-corrected chi connectivity index (χ2v) is 8.26. The molecule has 3 aromatic heterocycles. The number of fused-ring (bicyclic) bond motifs is 1. The number of nitrogens with one attached hydrogen (secondary N) is 1. The summed E-state index contributed by atoms with van der Waals surface area (Å²) in [5, 5.41) is 13.1. The highest BCUT2D eigenvalue weighted by Gasteiger charge is 2.16. The number of carbonyl (C=O) groups excluding carboxylic acids is 1. The highest BCUT2D eigenvalue weighted by atomic mass is 35.5. The van der Waals surface area contributed by atoms with Crippen molar-refractivity contribution in [1.29, 1.82) is 0 Å². The van der Waals surface area contributed by atoms with E-state index in [1.807, 2.05) is 41.9 Å². The molecule has 7 nitrogen and oxygen atoms in total. The van der Waals surface area contributed by atoms with Crippen molar-refractivity contribution in [3.05, 3.63) is 63.2 Å². The fourth-order valence-electron chi connectivity index (χ4n) is 3.06. The van der Waals surface area contributed by atoms with Crippen molar-refractivity contribution in [1.82, 2.24) is 25.2 Å². The third-order valence-corrected chi connectivity index (χ3v) is 5.90. The topological polar surface area (TPSA) is 85.8 Å². The van der Waals surface area contributed by atoms with Gasteiger partial charge in [-0.2, -0.15) is 10.1 Å². The standard InChI is InChI=1S/C20H20ClN5O2S/c1-12-16-10-17(19(27)22-9-3-4-18-23-13(2)25-28-18)29-20(16)26(24-12)11-14-5-7-15(21)8-6-14/h5-8,10H,3-4,9,11H2,1-2H3,(H,22,27). The van der Waals surface area contributed by atoms with E-state index in [1.54, 1.807) is 6.92 Å². The quantitative estimate of drug-likeness (QED) is 0.446. The number of aryl methyl sites for hydroxylation is 3. The van der Waals surface area contributed by atoms with E-state index in [0.29, 0.717) is 41.1 Å². The summed E-state index contributed by atoms with van der Waals surface area (Å²) in [6.07, 6.45) is 1.38. The van der Waals surface area contributed by atoms with Gasteiger partial charge in [-0.1, -0.05) is 28.9 Å². The van der Waals surface area contributed by atoms with E-state index in [0.717, 1.165) is 27.9 Å². The maximum atomic E-state index is 12.5. The highest BCUT2D eigenvalue weighted by Crippen LogP contribution is 2.29. The van der Waals surface area contributed by atoms with Crippen molar-refractivity contribution in [2.24, 2.45) is 0 Å². The Labute approximate surface area is 176 Å². The van der Waals surface area contributed by atoms with Gasteiger partial charge in [0.2, 0.25) is 5.89 Å². The minimum atomic E-state index is -0.0784. The SMILES string of the molecule is Cc1noc(CCCNC(=O)c2cc3c(C)nn(Cc4ccc(Cl)cc4)c3s2)n1. The van der Waals surface area contributed by atoms with Crippen LogP contribution >= 0.6 is 22.9 Å². The van der Waals surface area contributed by atoms with E-state index in [4.69, 9.17) is 16.1 Å². The first kappa shape index (κ1) is 19.6. The van der Waals surface area contributed by atoms with E-state index in [2.05, 4.69) is 20.6 Å². The van der Waals surface area contributed by atoms with Crippen molar-refractivity contribution in [3.63, 3.8) is 0 Å². The normalized spacial score (nSPS) is 11.3. The molecule has 0 saturated carbocycles. The van der Waals surface area contributed by atoms with E-state index in [1.165, 1.54) is 11.3 Å². The monoisotopic (exact) mass is 429 g/mol. The number of nitrogens with zero attached hydrogens (tertiary/aromatic N) is 4. The minimum Gasteiger partial charge on any atom is -0.351 e. The maximum Gasteiger partial charge on any atom is 0.261 e. The second kappa shape index (κ2) is 8.34. The van der Waals surface area contributed by atoms with Crippen LogP contribution in [0.5, 0.6) is 0 Å². The van der Waals surface area contributed by atoms with Crippen LogP contribution in [0.4, 0.5) is 0 Å². The minimum absolute atomic E-state index is 0.0784. The van der Waals surface area contributed by atoms with Crippen LogP contribution in [-0.4, -0.2) is 32.4 Å². The molecule has 0 atom stereocenters. The molecule has 9 heteroatoms. The third-order valence-electron chi connectivity index (χ3n) is 4.50. The van der Waals surface area contributed by atoms with Crippen LogP contribution < -0.4 is 5.32 Å². The summed E-state index contributed by atoms with van der Waals surface area (Å²) in [7, 11) is 0. The average Bonchev–Trinajstić information content (AvgIpc) is 3.38. The highest BCUT2D eigenvalue weighted by molar-refractivity contribution is 7.20. The van der Waals surface area contributed by atoms with Crippen LogP contribution in [0.1, 0.15) is 39.1 Å². The predicted octanol–water partition coefficient (Wildman–Crippen LogP) is 4.16. The summed E-state index contributed by atoms with van der Waals surface area (Å²) < 4.78 is 7.02. The van der Waals surface area contributed by atoms with Crippen LogP contribution in [0.3, 0.4) is 0 Å². The van der Waals surface area contributed by atoms with Gasteiger partial charge in [-0.3, -0.25) is 9.48 Å². The van der Waals surface area contributed by atoms with E-state index in [-0.39, 0.29) is 5.91 Å². The maximum absolute atomic E-state index is 12.5. The third kappa shape index (κ3) is 4.49. The van der Waals surface area contributed by atoms with Gasteiger partial charge in [0.25, 0.3) is 5.91 Å². The smallest absolute Gasteiger partial charge is 0.261 e. The molecule has 0 saturated heterocycles. The fraction of sp³-hybridized carbons (Fsp3) is 0.300. The number of aromatic nitrogens is 4. The van der Waals surface area contributed by atoms with Gasteiger partial charge in [0.15, 0.2) is 5.82 Å². The van der Waals surface area contributed by atoms with Gasteiger partial charge >= 0.3 is 0 Å². The van der Waals surface area contributed by atoms with Crippen molar-refractivity contribution in [2.45, 2.75) is 33.2 Å². The molecular weight excluding hydrogens is 410 g/mol. The molecule has 150 valence electrons. The van der Waals surface area contributed by atoms with E-state index in [9.17, 15) is 4.79 Å². The van der Waals surface area contributed by atoms with Crippen LogP contribution in [-0.2, 0) is 13.0 Å². The molecule has 0 aliphatic rings. The molecule has 0 aliphatic carbocycles. The predicted molar refractivity (Wildman–Crippen MR) is 113 cm³/mol. The number of benzene rings is 1. The number of amides is 1. The number of halogens is 1. The molecular formula is C20H20ClN5O2S. The molecule has 1 N–H and O–H groups in total. The van der Waals surface area contributed by atoms with Gasteiger partial charge in [0.05, 0.1) is 17.1 Å². The molecule has 1 aromatic carbocycles. The van der Waals surface area contributed by atoms with Gasteiger partial charge < -0.3 is 9.84 Å². The lowest BCUT2D eigenvalue weighted by Gasteiger charge is -2.03. The van der Waals surface area contributed by atoms with Crippen molar-refractivity contribution in [3.8, 4) is 0 Å². The summed E-state index contributed by atoms with van der Waals surface area (Å²) in [4.78, 5) is 18.4. The second-order valence-electron chi connectivity index (χ2n) is 6.79. The Balaban J connectivity index is 1.41. The Bertz CT molecular complexity index is 1150. The van der Waals surface area contributed by atoms with Gasteiger partial charge in [-0.25, -0.2) is 0 Å². The van der Waals surface area contributed by atoms with E-state index < -0.39 is 0 Å². The first-order valence-corrected chi connectivity index (χ1v) is 10.5. The van der Waals surface area contributed by atoms with Gasteiger partial charge in [0, 0.05) is 23.4 Å². The molecule has 0 unspecified atom stereocenters. The summed E-state index contributed by atoms with van der Waals surface area (Å²) in [6.45, 7) is 4.92. The largest absolute Gasteiger partial charge is 0.351 e. The molecule has 0 bridgehead atoms. The van der Waals surface area contributed by atoms with Crippen LogP contribution in [0, 0.1) is 13.8 Å². The van der Waals surface area contributed by atoms with E-state index >= 15 is 0 Å². The summed E-state index contributed by atoms with van der Waals surface area (Å²) in [5.41, 5.74) is 2.02. The first-order chi connectivity index (χ1) is 14.0. The van der Waals surface area contributed by atoms with Crippen LogP contribution in [0.25, 0.3) is 10.2 Å². The van der Waals surface area contributed by atoms with Gasteiger partial charge in [-0.05, 0) is 44.0 Å². The Kier molecular flexibility index (Phi) is 5.64. The zero-order valence-corrected chi connectivity index (χ0v) is 17.7. The molecule has 29 heavy (non-hydrogen) atoms. The number of thiophene rings is 1. The Hall–Kier alpha value is -2.71. The number of hydrogen-bond acceptors (Lipinski definition) is 6. The Morgan fingerprint density at radius 1 is 1.28 bits per heavy atom. The van der Waals surface area contributed by atoms with Crippen molar-refractivity contribution >= 4 is 39.1 Å². The number of carbonyl (C=O) groups is 1. The summed E-state index contributed by atoms with van der Waals surface area (Å²) in [5.74, 6) is 1.14. The molecule has 0 spiro atoms. The molecule has 3 heterocycles. The zero-order valence-electron chi connectivity index (χ0n) is 16.1. The fourth-order valence-corrected chi connectivity index (χ4v) is 4.27. The van der Waals surface area contributed by atoms with Gasteiger partial charge in [-0.15, -0.1) is 11.3 Å². The Morgan fingerprint density at radius 3 is 2.79 bits per heavy atom. The average molecular weight is 430 g/mol. The number of hydrogen-bond donors (Lipinski definition) is 1. The molecule has 0 fully saturated rings. The molecule has 4 aromatic rings. The molecule has 1 amide bonds. The lowest BCUT2D eigenvalue weighted by atomic mass is 10.2. The molecule has 0 aliphatic heterocycles. The number of rotatable bonds is 7. The van der Waals surface area contributed by atoms with Crippen molar-refractivity contribution in [2.75, 3.05) is 6.54 Å². The lowest BCUT2D eigenvalue weighted by molar-refractivity contribution is 0.0957. The van der Waals surface area contributed by atoms with Crippen molar-refractivity contribution < 1.29 is 9.32 Å². The summed E-state index contributed by atoms with van der Waals surface area (Å²) in [6, 6.07) is 9.62. The van der Waals surface area contributed by atoms with Crippen LogP contribution in [0.15, 0.2) is 34.9 Å². The molecule has 4 rings (SSSR count). The zero-order chi connectivity index (χ0) is 20.4. The Morgan fingerprint density at radius 2 is 2.07 bits per heavy atom. The summed E-state index contributed by atoms with van der Waals surface area (Å²) >= 11 is 7.42. The lowest BCUT2D eigenvalue weighted by Crippen LogP contribution is -2.23.